The van der Waals surface area contributed by atoms with Crippen LogP contribution in [0.15, 0.2) is 12.4 Å². The van der Waals surface area contributed by atoms with Gasteiger partial charge < -0.3 is 9.80 Å². The molecule has 130 valence electrons. The Labute approximate surface area is 143 Å². The highest BCUT2D eigenvalue weighted by Crippen LogP contribution is 2.25. The Kier molecular flexibility index (Phi) is 4.65. The van der Waals surface area contributed by atoms with Crippen molar-refractivity contribution in [3.63, 3.8) is 0 Å². The first-order chi connectivity index (χ1) is 11.8. The average Bonchev–Trinajstić information content (AvgIpc) is 2.90. The summed E-state index contributed by atoms with van der Waals surface area (Å²) in [6, 6.07) is 2.15. The fraction of sp³-hybridized carbons (Fsp3) is 0.722. The lowest BCUT2D eigenvalue weighted by Crippen LogP contribution is -2.42. The molecule has 0 aromatic carbocycles. The third-order valence-corrected chi connectivity index (χ3v) is 5.42. The monoisotopic (exact) mass is 328 g/mol. The second-order valence-electron chi connectivity index (χ2n) is 7.40. The maximum Gasteiger partial charge on any atom is 0.254 e. The zero-order chi connectivity index (χ0) is 16.4. The van der Waals surface area contributed by atoms with Crippen molar-refractivity contribution >= 4 is 11.6 Å². The van der Waals surface area contributed by atoms with Crippen molar-refractivity contribution in [3.8, 4) is 0 Å². The van der Waals surface area contributed by atoms with Gasteiger partial charge in [0.2, 0.25) is 0 Å². The molecule has 0 bridgehead atoms. The molecule has 0 aliphatic carbocycles. The van der Waals surface area contributed by atoms with Crippen molar-refractivity contribution in [2.45, 2.75) is 45.4 Å². The minimum Gasteiger partial charge on any atom is -0.356 e. The summed E-state index contributed by atoms with van der Waals surface area (Å²) in [5.74, 6) is 2.61. The lowest BCUT2D eigenvalue weighted by Gasteiger charge is -2.36. The molecule has 2 saturated heterocycles. The number of fused-ring (bicyclic) bond motifs is 1. The van der Waals surface area contributed by atoms with Gasteiger partial charge in [0.1, 0.15) is 12.1 Å². The molecular formula is C18H28N6. The lowest BCUT2D eigenvalue weighted by atomic mass is 9.97. The summed E-state index contributed by atoms with van der Waals surface area (Å²) >= 11 is 0. The van der Waals surface area contributed by atoms with Gasteiger partial charge in [-0.05, 0) is 51.6 Å². The molecule has 2 aromatic heterocycles. The standard InChI is InChI=1S/C18H28N6/c1-15-11-17(24-18(21-15)19-14-20-24)23-10-6-7-16(13-23)12-22-8-4-2-3-5-9-22/h11,14,16H,2-10,12-13H2,1H3/t16-/m0/s1. The molecular weight excluding hydrogens is 300 g/mol. The van der Waals surface area contributed by atoms with Gasteiger partial charge in [-0.1, -0.05) is 12.8 Å². The predicted molar refractivity (Wildman–Crippen MR) is 95.4 cm³/mol. The molecule has 0 saturated carbocycles. The smallest absolute Gasteiger partial charge is 0.254 e. The molecule has 4 heterocycles. The van der Waals surface area contributed by atoms with Crippen molar-refractivity contribution in [1.29, 1.82) is 0 Å². The number of hydrogen-bond acceptors (Lipinski definition) is 5. The van der Waals surface area contributed by atoms with E-state index < -0.39 is 0 Å². The highest BCUT2D eigenvalue weighted by molar-refractivity contribution is 5.47. The van der Waals surface area contributed by atoms with Crippen LogP contribution in [0.25, 0.3) is 5.78 Å². The molecule has 6 nitrogen and oxygen atoms in total. The highest BCUT2D eigenvalue weighted by Gasteiger charge is 2.24. The Morgan fingerprint density at radius 3 is 2.75 bits per heavy atom. The van der Waals surface area contributed by atoms with Crippen LogP contribution in [0.5, 0.6) is 0 Å². The topological polar surface area (TPSA) is 49.6 Å². The predicted octanol–water partition coefficient (Wildman–Crippen LogP) is 2.53. The molecule has 0 spiro atoms. The third kappa shape index (κ3) is 3.38. The van der Waals surface area contributed by atoms with Crippen molar-refractivity contribution in [3.05, 3.63) is 18.1 Å². The average molecular weight is 328 g/mol. The minimum atomic E-state index is 0.708. The van der Waals surface area contributed by atoms with Crippen molar-refractivity contribution in [1.82, 2.24) is 24.5 Å². The summed E-state index contributed by atoms with van der Waals surface area (Å²) < 4.78 is 1.89. The highest BCUT2D eigenvalue weighted by atomic mass is 15.4. The molecule has 4 rings (SSSR count). The number of piperidine rings is 1. The molecule has 2 aliphatic heterocycles. The third-order valence-electron chi connectivity index (χ3n) is 5.42. The van der Waals surface area contributed by atoms with Crippen molar-refractivity contribution < 1.29 is 0 Å². The SMILES string of the molecule is Cc1cc(N2CCC[C@@H](CN3CCCCCC3)C2)n2ncnc2n1. The zero-order valence-electron chi connectivity index (χ0n) is 14.7. The van der Waals surface area contributed by atoms with Gasteiger partial charge in [0.05, 0.1) is 0 Å². The van der Waals surface area contributed by atoms with E-state index in [2.05, 4.69) is 30.9 Å². The van der Waals surface area contributed by atoms with Crippen LogP contribution in [0.3, 0.4) is 0 Å². The van der Waals surface area contributed by atoms with Gasteiger partial charge in [0.25, 0.3) is 5.78 Å². The van der Waals surface area contributed by atoms with E-state index in [1.165, 1.54) is 58.2 Å². The maximum absolute atomic E-state index is 4.47. The van der Waals surface area contributed by atoms with E-state index in [1.54, 1.807) is 6.33 Å². The molecule has 0 unspecified atom stereocenters. The fourth-order valence-electron chi connectivity index (χ4n) is 4.24. The van der Waals surface area contributed by atoms with E-state index in [1.807, 2.05) is 11.4 Å². The van der Waals surface area contributed by atoms with Gasteiger partial charge in [0.15, 0.2) is 0 Å². The number of hydrogen-bond donors (Lipinski definition) is 0. The van der Waals surface area contributed by atoms with Crippen LogP contribution >= 0.6 is 0 Å². The number of rotatable bonds is 3. The Morgan fingerprint density at radius 2 is 1.92 bits per heavy atom. The van der Waals surface area contributed by atoms with E-state index in [9.17, 15) is 0 Å². The van der Waals surface area contributed by atoms with Crippen molar-refractivity contribution in [2.75, 3.05) is 37.6 Å². The molecule has 0 amide bonds. The molecule has 2 aromatic rings. The second-order valence-corrected chi connectivity index (χ2v) is 7.40. The molecule has 6 heteroatoms. The fourth-order valence-corrected chi connectivity index (χ4v) is 4.24. The molecule has 24 heavy (non-hydrogen) atoms. The Hall–Kier alpha value is -1.69. The molecule has 2 fully saturated rings. The van der Waals surface area contributed by atoms with Gasteiger partial charge in [-0.2, -0.15) is 14.6 Å². The number of aromatic nitrogens is 4. The Balaban J connectivity index is 1.48. The minimum absolute atomic E-state index is 0.708. The van der Waals surface area contributed by atoms with Gasteiger partial charge in [0, 0.05) is 31.4 Å². The van der Waals surface area contributed by atoms with Crippen LogP contribution in [-0.4, -0.2) is 57.2 Å². The lowest BCUT2D eigenvalue weighted by molar-refractivity contribution is 0.222. The Morgan fingerprint density at radius 1 is 1.08 bits per heavy atom. The summed E-state index contributed by atoms with van der Waals surface area (Å²) in [6.45, 7) is 8.10. The normalized spacial score (nSPS) is 23.5. The summed E-state index contributed by atoms with van der Waals surface area (Å²) in [6.07, 6.45) is 9.78. The summed E-state index contributed by atoms with van der Waals surface area (Å²) in [5.41, 5.74) is 1.01. The van der Waals surface area contributed by atoms with Crippen LogP contribution in [-0.2, 0) is 0 Å². The van der Waals surface area contributed by atoms with Gasteiger partial charge in [-0.15, -0.1) is 0 Å². The van der Waals surface area contributed by atoms with E-state index in [4.69, 9.17) is 0 Å². The van der Waals surface area contributed by atoms with Gasteiger partial charge >= 0.3 is 0 Å². The van der Waals surface area contributed by atoms with Gasteiger partial charge in [-0.3, -0.25) is 0 Å². The summed E-state index contributed by atoms with van der Waals surface area (Å²) in [7, 11) is 0. The van der Waals surface area contributed by atoms with E-state index in [-0.39, 0.29) is 0 Å². The largest absolute Gasteiger partial charge is 0.356 e. The van der Waals surface area contributed by atoms with Crippen molar-refractivity contribution in [2.24, 2.45) is 5.92 Å². The van der Waals surface area contributed by atoms with E-state index in [0.29, 0.717) is 5.78 Å². The first-order valence-electron chi connectivity index (χ1n) is 9.44. The van der Waals surface area contributed by atoms with Crippen LogP contribution in [0.2, 0.25) is 0 Å². The number of aryl methyl sites for hydroxylation is 1. The van der Waals surface area contributed by atoms with Gasteiger partial charge in [-0.25, -0.2) is 4.98 Å². The molecule has 0 N–H and O–H groups in total. The van der Waals surface area contributed by atoms with Crippen LogP contribution < -0.4 is 4.90 Å². The molecule has 0 radical (unpaired) electrons. The first kappa shape index (κ1) is 15.8. The molecule has 1 atom stereocenters. The van der Waals surface area contributed by atoms with Crippen LogP contribution in [0.1, 0.15) is 44.2 Å². The first-order valence-corrected chi connectivity index (χ1v) is 9.44. The quantitative estimate of drug-likeness (QED) is 0.866. The summed E-state index contributed by atoms with van der Waals surface area (Å²) in [5, 5.41) is 4.38. The summed E-state index contributed by atoms with van der Waals surface area (Å²) in [4.78, 5) is 13.9. The van der Waals surface area contributed by atoms with E-state index >= 15 is 0 Å². The number of nitrogens with zero attached hydrogens (tertiary/aromatic N) is 6. The zero-order valence-corrected chi connectivity index (χ0v) is 14.7. The van der Waals surface area contributed by atoms with E-state index in [0.717, 1.165) is 30.5 Å². The number of likely N-dealkylation sites (tertiary alicyclic amines) is 1. The second kappa shape index (κ2) is 7.05. The number of anilines is 1. The Bertz CT molecular complexity index is 673. The maximum atomic E-state index is 4.47. The molecule has 2 aliphatic rings. The van der Waals surface area contributed by atoms with Crippen LogP contribution in [0, 0.1) is 12.8 Å². The van der Waals surface area contributed by atoms with Crippen LogP contribution in [0.4, 0.5) is 5.82 Å².